The molecule has 3 N–H and O–H groups in total. The van der Waals surface area contributed by atoms with E-state index in [1.165, 1.54) is 36.3 Å². The first-order valence-corrected chi connectivity index (χ1v) is 9.52. The van der Waals surface area contributed by atoms with Gasteiger partial charge < -0.3 is 20.4 Å². The Balaban J connectivity index is 1.41. The third-order valence-electron chi connectivity index (χ3n) is 4.85. The summed E-state index contributed by atoms with van der Waals surface area (Å²) >= 11 is 0. The van der Waals surface area contributed by atoms with E-state index in [0.29, 0.717) is 0 Å². The van der Waals surface area contributed by atoms with Crippen LogP contribution in [0, 0.1) is 0 Å². The SMILES string of the molecule is C[C@@H](NC(=O)CNC(=O)CNC(=O)c1ccco1)c1ccc2c(c1)CCCC2. The summed E-state index contributed by atoms with van der Waals surface area (Å²) in [5.74, 6) is -1.08. The van der Waals surface area contributed by atoms with Crippen LogP contribution in [0.1, 0.15) is 53.1 Å². The Labute approximate surface area is 163 Å². The van der Waals surface area contributed by atoms with Gasteiger partial charge in [0.1, 0.15) is 0 Å². The number of amides is 3. The summed E-state index contributed by atoms with van der Waals surface area (Å²) in [5.41, 5.74) is 3.83. The average molecular weight is 383 g/mol. The lowest BCUT2D eigenvalue weighted by molar-refractivity contribution is -0.125. The highest BCUT2D eigenvalue weighted by Crippen LogP contribution is 2.24. The number of carbonyl (C=O) groups excluding carboxylic acids is 3. The summed E-state index contributed by atoms with van der Waals surface area (Å²) in [4.78, 5) is 35.6. The molecule has 28 heavy (non-hydrogen) atoms. The van der Waals surface area contributed by atoms with Crippen molar-refractivity contribution in [3.63, 3.8) is 0 Å². The number of hydrogen-bond donors (Lipinski definition) is 3. The predicted octanol–water partition coefficient (Wildman–Crippen LogP) is 1.88. The van der Waals surface area contributed by atoms with Gasteiger partial charge in [-0.15, -0.1) is 0 Å². The van der Waals surface area contributed by atoms with Gasteiger partial charge in [-0.25, -0.2) is 0 Å². The molecular weight excluding hydrogens is 358 g/mol. The summed E-state index contributed by atoms with van der Waals surface area (Å²) in [6, 6.07) is 9.32. The molecule has 3 rings (SSSR count). The van der Waals surface area contributed by atoms with Gasteiger partial charge in [0.25, 0.3) is 5.91 Å². The third-order valence-corrected chi connectivity index (χ3v) is 4.85. The molecule has 0 radical (unpaired) electrons. The van der Waals surface area contributed by atoms with Crippen LogP contribution in [0.15, 0.2) is 41.0 Å². The van der Waals surface area contributed by atoms with Crippen molar-refractivity contribution >= 4 is 17.7 Å². The number of rotatable bonds is 7. The van der Waals surface area contributed by atoms with Gasteiger partial charge >= 0.3 is 0 Å². The Kier molecular flexibility index (Phi) is 6.47. The van der Waals surface area contributed by atoms with E-state index in [0.717, 1.165) is 18.4 Å². The van der Waals surface area contributed by atoms with Gasteiger partial charge in [0.15, 0.2) is 5.76 Å². The molecule has 0 spiro atoms. The second-order valence-electron chi connectivity index (χ2n) is 6.96. The fourth-order valence-electron chi connectivity index (χ4n) is 3.30. The predicted molar refractivity (Wildman–Crippen MR) is 104 cm³/mol. The van der Waals surface area contributed by atoms with Gasteiger partial charge in [0.05, 0.1) is 25.4 Å². The zero-order chi connectivity index (χ0) is 19.9. The monoisotopic (exact) mass is 383 g/mol. The first-order chi connectivity index (χ1) is 13.5. The highest BCUT2D eigenvalue weighted by atomic mass is 16.3. The molecule has 1 aliphatic carbocycles. The highest BCUT2D eigenvalue weighted by Gasteiger charge is 2.15. The van der Waals surface area contributed by atoms with Gasteiger partial charge in [0, 0.05) is 0 Å². The molecule has 1 aromatic carbocycles. The van der Waals surface area contributed by atoms with Crippen LogP contribution in [0.5, 0.6) is 0 Å². The van der Waals surface area contributed by atoms with Crippen LogP contribution < -0.4 is 16.0 Å². The zero-order valence-electron chi connectivity index (χ0n) is 15.9. The fourth-order valence-corrected chi connectivity index (χ4v) is 3.30. The van der Waals surface area contributed by atoms with E-state index in [1.807, 2.05) is 6.92 Å². The normalized spacial score (nSPS) is 13.9. The van der Waals surface area contributed by atoms with Crippen LogP contribution in [-0.4, -0.2) is 30.8 Å². The lowest BCUT2D eigenvalue weighted by Gasteiger charge is -2.20. The molecule has 1 atom stereocenters. The van der Waals surface area contributed by atoms with E-state index in [4.69, 9.17) is 4.42 Å². The number of benzene rings is 1. The maximum atomic E-state index is 12.1. The lowest BCUT2D eigenvalue weighted by Crippen LogP contribution is -2.42. The third kappa shape index (κ3) is 5.22. The molecule has 7 heteroatoms. The van der Waals surface area contributed by atoms with Crippen molar-refractivity contribution in [2.75, 3.05) is 13.1 Å². The van der Waals surface area contributed by atoms with Crippen molar-refractivity contribution < 1.29 is 18.8 Å². The van der Waals surface area contributed by atoms with Gasteiger partial charge in [-0.3, -0.25) is 14.4 Å². The van der Waals surface area contributed by atoms with E-state index in [1.54, 1.807) is 6.07 Å². The maximum absolute atomic E-state index is 12.1. The topological polar surface area (TPSA) is 100 Å². The maximum Gasteiger partial charge on any atom is 0.287 e. The fraction of sp³-hybridized carbons (Fsp3) is 0.381. The average Bonchev–Trinajstić information content (AvgIpc) is 3.25. The molecule has 0 unspecified atom stereocenters. The summed E-state index contributed by atoms with van der Waals surface area (Å²) in [6.07, 6.45) is 6.03. The molecular formula is C21H25N3O4. The Hall–Kier alpha value is -3.09. The molecule has 0 aliphatic heterocycles. The van der Waals surface area contributed by atoms with Crippen LogP contribution in [0.3, 0.4) is 0 Å². The van der Waals surface area contributed by atoms with Gasteiger partial charge in [-0.1, -0.05) is 18.2 Å². The smallest absolute Gasteiger partial charge is 0.287 e. The Morgan fingerprint density at radius 2 is 1.75 bits per heavy atom. The number of nitrogens with one attached hydrogen (secondary N) is 3. The number of fused-ring (bicyclic) bond motifs is 1. The summed E-state index contributed by atoms with van der Waals surface area (Å²) < 4.78 is 4.94. The van der Waals surface area contributed by atoms with Crippen molar-refractivity contribution in [3.05, 3.63) is 59.0 Å². The van der Waals surface area contributed by atoms with Crippen molar-refractivity contribution in [1.29, 1.82) is 0 Å². The second-order valence-corrected chi connectivity index (χ2v) is 6.96. The molecule has 1 aromatic heterocycles. The molecule has 0 fully saturated rings. The number of carbonyl (C=O) groups is 3. The quantitative estimate of drug-likeness (QED) is 0.680. The summed E-state index contributed by atoms with van der Waals surface area (Å²) in [7, 11) is 0. The van der Waals surface area contributed by atoms with Gasteiger partial charge in [-0.05, 0) is 61.4 Å². The minimum absolute atomic E-state index is 0.129. The van der Waals surface area contributed by atoms with Crippen LogP contribution in [0.25, 0.3) is 0 Å². The van der Waals surface area contributed by atoms with Crippen LogP contribution in [-0.2, 0) is 22.4 Å². The number of aryl methyl sites for hydroxylation is 2. The largest absolute Gasteiger partial charge is 0.459 e. The van der Waals surface area contributed by atoms with Gasteiger partial charge in [-0.2, -0.15) is 0 Å². The number of hydrogen-bond acceptors (Lipinski definition) is 4. The number of furan rings is 1. The van der Waals surface area contributed by atoms with Gasteiger partial charge in [0.2, 0.25) is 11.8 Å². The van der Waals surface area contributed by atoms with Crippen molar-refractivity contribution in [3.8, 4) is 0 Å². The summed E-state index contributed by atoms with van der Waals surface area (Å²) in [5, 5.41) is 7.81. The van der Waals surface area contributed by atoms with E-state index in [9.17, 15) is 14.4 Å². The Morgan fingerprint density at radius 1 is 1.00 bits per heavy atom. The zero-order valence-corrected chi connectivity index (χ0v) is 15.9. The minimum Gasteiger partial charge on any atom is -0.459 e. The second kappa shape index (κ2) is 9.21. The Bertz CT molecular complexity index is 845. The molecule has 7 nitrogen and oxygen atoms in total. The van der Waals surface area contributed by atoms with E-state index in [-0.39, 0.29) is 30.8 Å². The minimum atomic E-state index is -0.481. The Morgan fingerprint density at radius 3 is 2.50 bits per heavy atom. The van der Waals surface area contributed by atoms with Crippen molar-refractivity contribution in [1.82, 2.24) is 16.0 Å². The van der Waals surface area contributed by atoms with Crippen LogP contribution in [0.2, 0.25) is 0 Å². The van der Waals surface area contributed by atoms with E-state index in [2.05, 4.69) is 34.1 Å². The van der Waals surface area contributed by atoms with Crippen molar-refractivity contribution in [2.45, 2.75) is 38.6 Å². The molecule has 0 saturated heterocycles. The molecule has 1 heterocycles. The van der Waals surface area contributed by atoms with Crippen LogP contribution >= 0.6 is 0 Å². The highest BCUT2D eigenvalue weighted by molar-refractivity contribution is 5.94. The van der Waals surface area contributed by atoms with E-state index < -0.39 is 11.8 Å². The van der Waals surface area contributed by atoms with Crippen LogP contribution in [0.4, 0.5) is 0 Å². The molecule has 2 aromatic rings. The molecule has 3 amide bonds. The first kappa shape index (κ1) is 19.7. The molecule has 148 valence electrons. The van der Waals surface area contributed by atoms with Crippen molar-refractivity contribution in [2.24, 2.45) is 0 Å². The van der Waals surface area contributed by atoms with E-state index >= 15 is 0 Å². The lowest BCUT2D eigenvalue weighted by atomic mass is 9.89. The first-order valence-electron chi connectivity index (χ1n) is 9.52. The molecule has 0 saturated carbocycles. The summed E-state index contributed by atoms with van der Waals surface area (Å²) in [6.45, 7) is 1.55. The molecule has 1 aliphatic rings. The molecule has 0 bridgehead atoms. The standard InChI is InChI=1S/C21H25N3O4/c1-14(16-9-8-15-5-2-3-6-17(15)11-16)24-20(26)13-22-19(25)12-23-21(27)18-7-4-10-28-18/h4,7-11,14H,2-3,5-6,12-13H2,1H3,(H,22,25)(H,23,27)(H,24,26)/t14-/m1/s1.